The van der Waals surface area contributed by atoms with E-state index in [0.717, 1.165) is 17.4 Å². The van der Waals surface area contributed by atoms with Crippen molar-refractivity contribution in [2.45, 2.75) is 13.5 Å². The van der Waals surface area contributed by atoms with Crippen LogP contribution in [-0.2, 0) is 16.6 Å². The van der Waals surface area contributed by atoms with Gasteiger partial charge in [-0.15, -0.1) is 0 Å². The molecule has 27 heavy (non-hydrogen) atoms. The molecule has 1 aliphatic rings. The SMILES string of the molecule is Cc1ccc(C(=O)NCCN(Cc2ccc3c(c2)OCO3)S(C)(=O)=O)cc1. The first-order valence-corrected chi connectivity index (χ1v) is 10.4. The van der Waals surface area contributed by atoms with E-state index in [9.17, 15) is 13.2 Å². The number of ether oxygens (including phenoxy) is 2. The van der Waals surface area contributed by atoms with Crippen molar-refractivity contribution in [3.8, 4) is 11.5 Å². The van der Waals surface area contributed by atoms with Gasteiger partial charge in [0.25, 0.3) is 5.91 Å². The van der Waals surface area contributed by atoms with Gasteiger partial charge in [0, 0.05) is 25.2 Å². The number of hydrogen-bond donors (Lipinski definition) is 1. The molecule has 0 saturated heterocycles. The van der Waals surface area contributed by atoms with E-state index in [2.05, 4.69) is 5.32 Å². The summed E-state index contributed by atoms with van der Waals surface area (Å²) in [5.74, 6) is 1.02. The number of sulfonamides is 1. The number of aryl methyl sites for hydroxylation is 1. The predicted octanol–water partition coefficient (Wildman–Crippen LogP) is 1.92. The summed E-state index contributed by atoms with van der Waals surface area (Å²) < 4.78 is 36.1. The van der Waals surface area contributed by atoms with Crippen molar-refractivity contribution in [2.24, 2.45) is 0 Å². The molecule has 0 saturated carbocycles. The van der Waals surface area contributed by atoms with Gasteiger partial charge in [0.05, 0.1) is 6.26 Å². The molecule has 1 aliphatic heterocycles. The number of hydrogen-bond acceptors (Lipinski definition) is 5. The molecule has 0 atom stereocenters. The fourth-order valence-electron chi connectivity index (χ4n) is 2.71. The molecule has 8 heteroatoms. The highest BCUT2D eigenvalue weighted by Crippen LogP contribution is 2.32. The van der Waals surface area contributed by atoms with E-state index in [-0.39, 0.29) is 32.3 Å². The Morgan fingerprint density at radius 1 is 1.11 bits per heavy atom. The summed E-state index contributed by atoms with van der Waals surface area (Å²) in [6.45, 7) is 2.69. The third kappa shape index (κ3) is 4.99. The quantitative estimate of drug-likeness (QED) is 0.781. The lowest BCUT2D eigenvalue weighted by molar-refractivity contribution is 0.0951. The van der Waals surface area contributed by atoms with Gasteiger partial charge in [-0.2, -0.15) is 4.31 Å². The molecule has 2 aromatic carbocycles. The van der Waals surface area contributed by atoms with Crippen LogP contribution in [0.4, 0.5) is 0 Å². The molecule has 7 nitrogen and oxygen atoms in total. The number of nitrogens with one attached hydrogen (secondary N) is 1. The minimum absolute atomic E-state index is 0.166. The lowest BCUT2D eigenvalue weighted by Crippen LogP contribution is -2.37. The third-order valence-corrected chi connectivity index (χ3v) is 5.48. The van der Waals surface area contributed by atoms with Gasteiger partial charge in [-0.3, -0.25) is 4.79 Å². The lowest BCUT2D eigenvalue weighted by atomic mass is 10.1. The Bertz CT molecular complexity index is 926. The lowest BCUT2D eigenvalue weighted by Gasteiger charge is -2.20. The number of carbonyl (C=O) groups is 1. The number of nitrogens with zero attached hydrogens (tertiary/aromatic N) is 1. The van der Waals surface area contributed by atoms with Crippen molar-refractivity contribution in [2.75, 3.05) is 26.1 Å². The summed E-state index contributed by atoms with van der Waals surface area (Å²) in [5, 5.41) is 2.76. The van der Waals surface area contributed by atoms with Crippen molar-refractivity contribution < 1.29 is 22.7 Å². The molecular formula is C19H22N2O5S. The van der Waals surface area contributed by atoms with Crippen LogP contribution in [-0.4, -0.2) is 44.8 Å². The Kier molecular flexibility index (Phi) is 5.67. The van der Waals surface area contributed by atoms with Gasteiger partial charge < -0.3 is 14.8 Å². The fraction of sp³-hybridized carbons (Fsp3) is 0.316. The molecule has 1 heterocycles. The molecule has 0 bridgehead atoms. The molecule has 0 unspecified atom stereocenters. The largest absolute Gasteiger partial charge is 0.454 e. The van der Waals surface area contributed by atoms with Crippen LogP contribution in [0.3, 0.4) is 0 Å². The van der Waals surface area contributed by atoms with Crippen molar-refractivity contribution in [1.82, 2.24) is 9.62 Å². The van der Waals surface area contributed by atoms with Crippen LogP contribution in [0.2, 0.25) is 0 Å². The van der Waals surface area contributed by atoms with Crippen molar-refractivity contribution in [3.05, 3.63) is 59.2 Å². The average Bonchev–Trinajstić information content (AvgIpc) is 3.08. The molecule has 3 rings (SSSR count). The van der Waals surface area contributed by atoms with E-state index >= 15 is 0 Å². The highest BCUT2D eigenvalue weighted by Gasteiger charge is 2.19. The van der Waals surface area contributed by atoms with Gasteiger partial charge in [0.1, 0.15) is 0 Å². The minimum atomic E-state index is -3.44. The Hall–Kier alpha value is -2.58. The maximum atomic E-state index is 12.2. The molecule has 1 N–H and O–H groups in total. The van der Waals surface area contributed by atoms with E-state index in [0.29, 0.717) is 17.1 Å². The van der Waals surface area contributed by atoms with E-state index in [1.165, 1.54) is 4.31 Å². The van der Waals surface area contributed by atoms with Crippen LogP contribution in [0.1, 0.15) is 21.5 Å². The highest BCUT2D eigenvalue weighted by molar-refractivity contribution is 7.88. The number of amides is 1. The monoisotopic (exact) mass is 390 g/mol. The molecule has 0 radical (unpaired) electrons. The van der Waals surface area contributed by atoms with Gasteiger partial charge in [0.15, 0.2) is 11.5 Å². The molecule has 144 valence electrons. The Morgan fingerprint density at radius 2 is 1.81 bits per heavy atom. The number of benzene rings is 2. The van der Waals surface area contributed by atoms with Crippen LogP contribution >= 0.6 is 0 Å². The number of carbonyl (C=O) groups excluding carboxylic acids is 1. The fourth-order valence-corrected chi connectivity index (χ4v) is 3.51. The second kappa shape index (κ2) is 7.98. The smallest absolute Gasteiger partial charge is 0.251 e. The maximum Gasteiger partial charge on any atom is 0.251 e. The molecule has 2 aromatic rings. The summed E-state index contributed by atoms with van der Waals surface area (Å²) in [6.07, 6.45) is 1.15. The number of fused-ring (bicyclic) bond motifs is 1. The number of rotatable bonds is 7. The zero-order valence-electron chi connectivity index (χ0n) is 15.3. The first kappa shape index (κ1) is 19.2. The third-order valence-electron chi connectivity index (χ3n) is 4.23. The van der Waals surface area contributed by atoms with E-state index < -0.39 is 10.0 Å². The molecule has 1 amide bonds. The van der Waals surface area contributed by atoms with E-state index in [1.807, 2.05) is 19.1 Å². The molecule has 0 spiro atoms. The summed E-state index contributed by atoms with van der Waals surface area (Å²) in [5.41, 5.74) is 2.40. The van der Waals surface area contributed by atoms with Crippen molar-refractivity contribution >= 4 is 15.9 Å². The molecule has 0 aliphatic carbocycles. The second-order valence-corrected chi connectivity index (χ2v) is 8.39. The normalized spacial score (nSPS) is 13.0. The predicted molar refractivity (Wildman–Crippen MR) is 101 cm³/mol. The Morgan fingerprint density at radius 3 is 2.52 bits per heavy atom. The van der Waals surface area contributed by atoms with Crippen molar-refractivity contribution in [3.63, 3.8) is 0 Å². The van der Waals surface area contributed by atoms with Crippen LogP contribution in [0.15, 0.2) is 42.5 Å². The first-order chi connectivity index (χ1) is 12.8. The molecule has 0 fully saturated rings. The van der Waals surface area contributed by atoms with Gasteiger partial charge in [-0.25, -0.2) is 8.42 Å². The summed E-state index contributed by atoms with van der Waals surface area (Å²) >= 11 is 0. The summed E-state index contributed by atoms with van der Waals surface area (Å²) in [6, 6.07) is 12.5. The van der Waals surface area contributed by atoms with Gasteiger partial charge >= 0.3 is 0 Å². The van der Waals surface area contributed by atoms with Gasteiger partial charge in [-0.1, -0.05) is 23.8 Å². The van der Waals surface area contributed by atoms with Crippen LogP contribution in [0.25, 0.3) is 0 Å². The van der Waals surface area contributed by atoms with Gasteiger partial charge in [0.2, 0.25) is 16.8 Å². The Balaban J connectivity index is 1.60. The van der Waals surface area contributed by atoms with Crippen LogP contribution < -0.4 is 14.8 Å². The van der Waals surface area contributed by atoms with Crippen LogP contribution in [0.5, 0.6) is 11.5 Å². The van der Waals surface area contributed by atoms with E-state index in [4.69, 9.17) is 9.47 Å². The van der Waals surface area contributed by atoms with Crippen molar-refractivity contribution in [1.29, 1.82) is 0 Å². The highest BCUT2D eigenvalue weighted by atomic mass is 32.2. The topological polar surface area (TPSA) is 84.9 Å². The first-order valence-electron chi connectivity index (χ1n) is 8.51. The summed E-state index contributed by atoms with van der Waals surface area (Å²) in [4.78, 5) is 12.2. The summed E-state index contributed by atoms with van der Waals surface area (Å²) in [7, 11) is -3.44. The standard InChI is InChI=1S/C19H22N2O5S/c1-14-3-6-16(7-4-14)19(22)20-9-10-21(27(2,23)24)12-15-5-8-17-18(11-15)26-13-25-17/h3-8,11H,9-10,12-13H2,1-2H3,(H,20,22). The zero-order chi connectivity index (χ0) is 19.4. The van der Waals surface area contributed by atoms with E-state index in [1.54, 1.807) is 30.3 Å². The second-order valence-electron chi connectivity index (χ2n) is 6.41. The minimum Gasteiger partial charge on any atom is -0.454 e. The average molecular weight is 390 g/mol. The van der Waals surface area contributed by atoms with Crippen LogP contribution in [0, 0.1) is 6.92 Å². The van der Waals surface area contributed by atoms with Gasteiger partial charge in [-0.05, 0) is 36.8 Å². The zero-order valence-corrected chi connectivity index (χ0v) is 16.1. The molecular weight excluding hydrogens is 368 g/mol. The Labute approximate surface area is 158 Å². The molecule has 0 aromatic heterocycles. The maximum absolute atomic E-state index is 12.2.